The summed E-state index contributed by atoms with van der Waals surface area (Å²) in [5, 5.41) is 1.50. The van der Waals surface area contributed by atoms with Gasteiger partial charge in [0.25, 0.3) is 14.2 Å². The van der Waals surface area contributed by atoms with Gasteiger partial charge in [-0.25, -0.2) is 4.39 Å². The second-order valence-corrected chi connectivity index (χ2v) is 13.4. The number of nitrogens with zero attached hydrogens (tertiary/aromatic N) is 1. The van der Waals surface area contributed by atoms with E-state index in [1.54, 1.807) is 0 Å². The first-order chi connectivity index (χ1) is 14.6. The van der Waals surface area contributed by atoms with Gasteiger partial charge in [-0.3, -0.25) is 4.79 Å². The highest BCUT2D eigenvalue weighted by Gasteiger charge is 2.57. The van der Waals surface area contributed by atoms with E-state index in [4.69, 9.17) is 4.43 Å². The van der Waals surface area contributed by atoms with E-state index in [2.05, 4.69) is 20.8 Å². The molecule has 2 saturated heterocycles. The van der Waals surface area contributed by atoms with Gasteiger partial charge >= 0.3 is 0 Å². The lowest BCUT2D eigenvalue weighted by molar-refractivity contribution is -0.133. The molecule has 2 aromatic rings. The van der Waals surface area contributed by atoms with Gasteiger partial charge in [0.1, 0.15) is 0 Å². The molecular formula is C24H30FNO2Si. The zero-order chi connectivity index (χ0) is 22.5. The maximum atomic E-state index is 14.5. The van der Waals surface area contributed by atoms with Crippen molar-refractivity contribution >= 4 is 24.6 Å². The summed E-state index contributed by atoms with van der Waals surface area (Å²) < 4.78 is 39.6. The minimum Gasteiger partial charge on any atom is -0.405 e. The lowest BCUT2D eigenvalue weighted by Crippen LogP contribution is -2.68. The van der Waals surface area contributed by atoms with Crippen LogP contribution in [0.5, 0.6) is 0 Å². The van der Waals surface area contributed by atoms with Gasteiger partial charge in [0.05, 0.1) is 14.8 Å². The Hall–Kier alpha value is -1.98. The minimum absolute atomic E-state index is 0.156. The smallest absolute Gasteiger partial charge is 0.261 e. The molecule has 3 nitrogen and oxygen atoms in total. The first-order valence-corrected chi connectivity index (χ1v) is 12.2. The highest BCUT2D eigenvalue weighted by Crippen LogP contribution is 2.43. The molecule has 0 spiro atoms. The Balaban J connectivity index is 1.90. The molecule has 2 aliphatic heterocycles. The summed E-state index contributed by atoms with van der Waals surface area (Å²) in [6.45, 7) is 4.42. The van der Waals surface area contributed by atoms with Crippen molar-refractivity contribution in [3.05, 3.63) is 60.7 Å². The number of hydrogen-bond acceptors (Lipinski definition) is 2. The number of alkyl halides is 1. The fourth-order valence-electron chi connectivity index (χ4n) is 4.93. The third-order valence-corrected chi connectivity index (χ3v) is 11.2. The van der Waals surface area contributed by atoms with Crippen LogP contribution in [0.4, 0.5) is 4.39 Å². The summed E-state index contributed by atoms with van der Waals surface area (Å²) in [4.78, 5) is 13.9. The number of benzene rings is 2. The van der Waals surface area contributed by atoms with Crippen molar-refractivity contribution < 1.29 is 16.4 Å². The zero-order valence-corrected chi connectivity index (χ0v) is 18.3. The Labute approximate surface area is 176 Å². The zero-order valence-electron chi connectivity index (χ0n) is 19.3. The van der Waals surface area contributed by atoms with E-state index in [0.717, 1.165) is 10.4 Å². The number of hydrogen-bond donors (Lipinski definition) is 0. The minimum atomic E-state index is -3.20. The van der Waals surface area contributed by atoms with Crippen molar-refractivity contribution in [1.82, 2.24) is 4.90 Å². The van der Waals surface area contributed by atoms with E-state index >= 15 is 0 Å². The second kappa shape index (κ2) is 7.37. The first kappa shape index (κ1) is 17.8. The van der Waals surface area contributed by atoms with E-state index in [-0.39, 0.29) is 6.42 Å². The predicted octanol–water partition coefficient (Wildman–Crippen LogP) is 3.67. The maximum absolute atomic E-state index is 14.5. The molecule has 5 heteroatoms. The second-order valence-electron chi connectivity index (χ2n) is 9.16. The Morgan fingerprint density at radius 1 is 1.14 bits per heavy atom. The van der Waals surface area contributed by atoms with Gasteiger partial charge in [0.2, 0.25) is 0 Å². The Bertz CT molecular complexity index is 912. The van der Waals surface area contributed by atoms with Gasteiger partial charge in [-0.1, -0.05) is 81.4 Å². The molecule has 1 amide bonds. The SMILES string of the molecule is [2H]C([2H])(O[Si](c1ccccc1)(c1ccccc1)C(C)(C)C)[C@@]12CCCN1C(=O)[C@H](F)C2. The van der Waals surface area contributed by atoms with Crippen LogP contribution >= 0.6 is 0 Å². The lowest BCUT2D eigenvalue weighted by atomic mass is 9.95. The molecule has 0 unspecified atom stereocenters. The molecule has 4 rings (SSSR count). The van der Waals surface area contributed by atoms with E-state index < -0.39 is 37.5 Å². The van der Waals surface area contributed by atoms with Crippen molar-refractivity contribution in [2.24, 2.45) is 0 Å². The van der Waals surface area contributed by atoms with Gasteiger partial charge in [0.15, 0.2) is 6.17 Å². The topological polar surface area (TPSA) is 29.5 Å². The predicted molar refractivity (Wildman–Crippen MR) is 117 cm³/mol. The molecule has 0 aromatic heterocycles. The fourth-order valence-corrected chi connectivity index (χ4v) is 9.21. The summed E-state index contributed by atoms with van der Waals surface area (Å²) in [7, 11) is -3.20. The Morgan fingerprint density at radius 3 is 2.21 bits per heavy atom. The maximum Gasteiger partial charge on any atom is 0.261 e. The average Bonchev–Trinajstić information content (AvgIpc) is 3.26. The van der Waals surface area contributed by atoms with E-state index in [0.29, 0.717) is 19.4 Å². The number of carbonyl (C=O) groups excluding carboxylic acids is 1. The van der Waals surface area contributed by atoms with Crippen molar-refractivity contribution in [2.75, 3.05) is 13.1 Å². The summed E-state index contributed by atoms with van der Waals surface area (Å²) in [5.74, 6) is -0.604. The molecule has 0 radical (unpaired) electrons. The van der Waals surface area contributed by atoms with E-state index in [1.807, 2.05) is 60.7 Å². The molecule has 0 bridgehead atoms. The summed E-state index contributed by atoms with van der Waals surface area (Å²) >= 11 is 0. The highest BCUT2D eigenvalue weighted by molar-refractivity contribution is 6.99. The van der Waals surface area contributed by atoms with Crippen LogP contribution in [0.1, 0.15) is 42.8 Å². The Kier molecular flexibility index (Phi) is 4.53. The highest BCUT2D eigenvalue weighted by atomic mass is 28.4. The van der Waals surface area contributed by atoms with Crippen LogP contribution in [0.2, 0.25) is 5.04 Å². The molecule has 2 aromatic carbocycles. The molecule has 2 aliphatic rings. The van der Waals surface area contributed by atoms with Gasteiger partial charge in [-0.05, 0) is 28.3 Å². The molecule has 154 valence electrons. The number of halogens is 1. The largest absolute Gasteiger partial charge is 0.405 e. The van der Waals surface area contributed by atoms with Crippen LogP contribution in [0.25, 0.3) is 0 Å². The molecule has 0 N–H and O–H groups in total. The molecule has 0 saturated carbocycles. The van der Waals surface area contributed by atoms with Crippen LogP contribution in [0, 0.1) is 0 Å². The average molecular weight is 414 g/mol. The van der Waals surface area contributed by atoms with Crippen LogP contribution < -0.4 is 10.4 Å². The first-order valence-electron chi connectivity index (χ1n) is 11.3. The fraction of sp³-hybridized carbons (Fsp3) is 0.458. The van der Waals surface area contributed by atoms with Crippen molar-refractivity contribution in [3.8, 4) is 0 Å². The van der Waals surface area contributed by atoms with Crippen LogP contribution in [0.3, 0.4) is 0 Å². The standard InChI is InChI=1S/C24H30FNO2Si/c1-23(2,3)29(19-11-6-4-7-12-19,20-13-8-5-9-14-20)28-18-24-15-10-16-26(24)22(27)21(25)17-24/h4-9,11-14,21H,10,15-18H2,1-3H3/t21-,24+/m1/s1/i18D2. The van der Waals surface area contributed by atoms with Gasteiger partial charge < -0.3 is 9.33 Å². The van der Waals surface area contributed by atoms with Gasteiger partial charge in [0, 0.05) is 13.0 Å². The molecule has 2 atom stereocenters. The summed E-state index contributed by atoms with van der Waals surface area (Å²) in [6, 6.07) is 19.7. The van der Waals surface area contributed by atoms with Gasteiger partial charge in [-0.15, -0.1) is 0 Å². The molecule has 29 heavy (non-hydrogen) atoms. The quantitative estimate of drug-likeness (QED) is 0.700. The monoisotopic (exact) mass is 413 g/mol. The van der Waals surface area contributed by atoms with Crippen LogP contribution in [-0.4, -0.2) is 43.9 Å². The van der Waals surface area contributed by atoms with Crippen LogP contribution in [-0.2, 0) is 9.22 Å². The number of rotatable bonds is 5. The number of fused-ring (bicyclic) bond motifs is 1. The van der Waals surface area contributed by atoms with Crippen molar-refractivity contribution in [1.29, 1.82) is 0 Å². The third-order valence-electron chi connectivity index (χ3n) is 6.35. The van der Waals surface area contributed by atoms with E-state index in [9.17, 15) is 11.9 Å². The number of amides is 1. The summed E-state index contributed by atoms with van der Waals surface area (Å²) in [5.41, 5.74) is -1.27. The molecular weight excluding hydrogens is 381 g/mol. The molecule has 2 fully saturated rings. The van der Waals surface area contributed by atoms with Crippen molar-refractivity contribution in [3.63, 3.8) is 0 Å². The summed E-state index contributed by atoms with van der Waals surface area (Å²) in [6.07, 6.45) is -0.762. The van der Waals surface area contributed by atoms with E-state index in [1.165, 1.54) is 4.90 Å². The lowest BCUT2D eigenvalue weighted by Gasteiger charge is -2.45. The normalized spacial score (nSPS) is 26.3. The van der Waals surface area contributed by atoms with Crippen LogP contribution in [0.15, 0.2) is 60.7 Å². The third kappa shape index (κ3) is 3.24. The van der Waals surface area contributed by atoms with Crippen molar-refractivity contribution in [2.45, 2.75) is 56.8 Å². The number of carbonyl (C=O) groups is 1. The molecule has 0 aliphatic carbocycles. The Morgan fingerprint density at radius 2 is 1.69 bits per heavy atom. The van der Waals surface area contributed by atoms with Gasteiger partial charge in [-0.2, -0.15) is 0 Å². The molecule has 2 heterocycles.